The maximum absolute atomic E-state index is 13.3. The zero-order valence-corrected chi connectivity index (χ0v) is 15.7. The molecular formula is C19H24FN5O2. The minimum atomic E-state index is -0.120. The Labute approximate surface area is 156 Å². The van der Waals surface area contributed by atoms with Crippen molar-refractivity contribution in [1.29, 1.82) is 0 Å². The summed E-state index contributed by atoms with van der Waals surface area (Å²) in [5, 5.41) is 2.94. The lowest BCUT2D eigenvalue weighted by atomic mass is 10.1. The number of ether oxygens (including phenoxy) is 1. The summed E-state index contributed by atoms with van der Waals surface area (Å²) in [6.07, 6.45) is 6.61. The quantitative estimate of drug-likeness (QED) is 0.892. The lowest BCUT2D eigenvalue weighted by Gasteiger charge is -2.33. The van der Waals surface area contributed by atoms with Crippen LogP contribution in [0.2, 0.25) is 0 Å². The van der Waals surface area contributed by atoms with Gasteiger partial charge in [-0.15, -0.1) is 0 Å². The van der Waals surface area contributed by atoms with Crippen LogP contribution in [0.1, 0.15) is 37.2 Å². The average molecular weight is 373 g/mol. The van der Waals surface area contributed by atoms with Gasteiger partial charge in [0.15, 0.2) is 0 Å². The Bertz CT molecular complexity index is 966. The molecule has 0 spiro atoms. The first kappa shape index (κ1) is 17.9. The number of hydrogen-bond donors (Lipinski definition) is 1. The first-order chi connectivity index (χ1) is 13.0. The molecule has 0 atom stereocenters. The van der Waals surface area contributed by atoms with Gasteiger partial charge in [0.05, 0.1) is 18.4 Å². The van der Waals surface area contributed by atoms with E-state index in [9.17, 15) is 9.18 Å². The van der Waals surface area contributed by atoms with Crippen molar-refractivity contribution in [2.45, 2.75) is 45.6 Å². The molecule has 0 aromatic carbocycles. The van der Waals surface area contributed by atoms with E-state index in [2.05, 4.69) is 20.0 Å². The van der Waals surface area contributed by atoms with Crippen LogP contribution < -0.4 is 10.5 Å². The first-order valence-corrected chi connectivity index (χ1v) is 9.39. The standard InChI is InChI=1S/C19H24FN5O2/c1-12-17(18(26)25-19(21-12)22-13(2)23-25)24-8-6-16(7-9-24)27-11-14-4-3-5-15(20)10-14/h4,10,16H,3,5-9,11H2,1-2H3,(H,21,22,23). The van der Waals surface area contributed by atoms with Crippen molar-refractivity contribution < 1.29 is 9.13 Å². The molecule has 4 rings (SSSR count). The molecule has 1 saturated heterocycles. The van der Waals surface area contributed by atoms with Crippen LogP contribution in [0.4, 0.5) is 10.1 Å². The Morgan fingerprint density at radius 2 is 2.07 bits per heavy atom. The number of halogens is 1. The normalized spacial score (nSPS) is 18.7. The minimum absolute atomic E-state index is 0.0706. The highest BCUT2D eigenvalue weighted by Crippen LogP contribution is 2.23. The minimum Gasteiger partial charge on any atom is -0.373 e. The lowest BCUT2D eigenvalue weighted by Crippen LogP contribution is -2.41. The van der Waals surface area contributed by atoms with E-state index in [-0.39, 0.29) is 17.5 Å². The summed E-state index contributed by atoms with van der Waals surface area (Å²) in [7, 11) is 0. The predicted molar refractivity (Wildman–Crippen MR) is 101 cm³/mol. The van der Waals surface area contributed by atoms with Gasteiger partial charge in [-0.05, 0) is 44.8 Å². The highest BCUT2D eigenvalue weighted by atomic mass is 19.1. The molecule has 0 saturated carbocycles. The number of rotatable bonds is 4. The third-order valence-corrected chi connectivity index (χ3v) is 5.13. The van der Waals surface area contributed by atoms with Crippen molar-refractivity contribution >= 4 is 11.5 Å². The van der Waals surface area contributed by atoms with Gasteiger partial charge in [-0.1, -0.05) is 6.08 Å². The van der Waals surface area contributed by atoms with E-state index < -0.39 is 0 Å². The molecule has 3 heterocycles. The second-order valence-electron chi connectivity index (χ2n) is 7.20. The molecule has 1 fully saturated rings. The predicted octanol–water partition coefficient (Wildman–Crippen LogP) is 2.59. The number of hydrogen-bond acceptors (Lipinski definition) is 5. The van der Waals surface area contributed by atoms with Crippen LogP contribution in [-0.4, -0.2) is 45.4 Å². The summed E-state index contributed by atoms with van der Waals surface area (Å²) in [5.74, 6) is 0.989. The van der Waals surface area contributed by atoms with Gasteiger partial charge in [-0.2, -0.15) is 9.50 Å². The fourth-order valence-electron chi connectivity index (χ4n) is 3.77. The zero-order chi connectivity index (χ0) is 19.0. The number of nitrogens with zero attached hydrogens (tertiary/aromatic N) is 4. The molecule has 8 heteroatoms. The SMILES string of the molecule is Cc1nc2nc(C)c(N3CCC(OCC4=CCCC(F)=C4)CC3)c(=O)n2[nH]1. The van der Waals surface area contributed by atoms with Gasteiger partial charge in [-0.25, -0.2) is 9.37 Å². The van der Waals surface area contributed by atoms with Crippen molar-refractivity contribution in [2.24, 2.45) is 0 Å². The Hall–Kier alpha value is -2.48. The molecule has 2 aromatic heterocycles. The van der Waals surface area contributed by atoms with Crippen molar-refractivity contribution in [3.05, 3.63) is 45.4 Å². The van der Waals surface area contributed by atoms with Crippen molar-refractivity contribution in [1.82, 2.24) is 19.6 Å². The Morgan fingerprint density at radius 3 is 2.81 bits per heavy atom. The molecule has 1 N–H and O–H groups in total. The van der Waals surface area contributed by atoms with Gasteiger partial charge < -0.3 is 9.64 Å². The Morgan fingerprint density at radius 1 is 1.30 bits per heavy atom. The monoisotopic (exact) mass is 373 g/mol. The van der Waals surface area contributed by atoms with Crippen LogP contribution in [0, 0.1) is 13.8 Å². The van der Waals surface area contributed by atoms with Gasteiger partial charge in [0, 0.05) is 19.5 Å². The molecule has 1 aliphatic carbocycles. The molecular weight excluding hydrogens is 349 g/mol. The van der Waals surface area contributed by atoms with Crippen LogP contribution in [0.15, 0.2) is 28.3 Å². The number of nitrogens with one attached hydrogen (secondary N) is 1. The molecule has 0 amide bonds. The summed E-state index contributed by atoms with van der Waals surface area (Å²) in [5.41, 5.74) is 2.11. The fourth-order valence-corrected chi connectivity index (χ4v) is 3.77. The van der Waals surface area contributed by atoms with Crippen molar-refractivity contribution in [3.8, 4) is 0 Å². The van der Waals surface area contributed by atoms with E-state index in [0.717, 1.165) is 37.9 Å². The molecule has 2 aliphatic rings. The molecule has 27 heavy (non-hydrogen) atoms. The summed E-state index contributed by atoms with van der Waals surface area (Å²) in [4.78, 5) is 23.6. The number of allylic oxidation sites excluding steroid dienone is 2. The number of H-pyrrole nitrogens is 1. The Balaban J connectivity index is 1.41. The first-order valence-electron chi connectivity index (χ1n) is 9.39. The van der Waals surface area contributed by atoms with E-state index in [1.54, 1.807) is 13.0 Å². The topological polar surface area (TPSA) is 75.5 Å². The smallest absolute Gasteiger partial charge is 0.297 e. The third kappa shape index (κ3) is 3.66. The fraction of sp³-hybridized carbons (Fsp3) is 0.526. The second-order valence-corrected chi connectivity index (χ2v) is 7.20. The largest absolute Gasteiger partial charge is 0.373 e. The van der Waals surface area contributed by atoms with Crippen molar-refractivity contribution in [3.63, 3.8) is 0 Å². The summed E-state index contributed by atoms with van der Waals surface area (Å²) < 4.78 is 20.7. The molecule has 0 unspecified atom stereocenters. The van der Waals surface area contributed by atoms with Gasteiger partial charge in [0.1, 0.15) is 17.3 Å². The number of aromatic nitrogens is 4. The molecule has 2 aromatic rings. The molecule has 1 aliphatic heterocycles. The summed E-state index contributed by atoms with van der Waals surface area (Å²) in [6, 6.07) is 0. The van der Waals surface area contributed by atoms with Crippen LogP contribution in [0.3, 0.4) is 0 Å². The van der Waals surface area contributed by atoms with Crippen LogP contribution in [0.5, 0.6) is 0 Å². The molecule has 144 valence electrons. The highest BCUT2D eigenvalue weighted by Gasteiger charge is 2.25. The van der Waals surface area contributed by atoms with E-state index in [1.807, 2.05) is 13.0 Å². The maximum atomic E-state index is 13.3. The van der Waals surface area contributed by atoms with Crippen molar-refractivity contribution in [2.75, 3.05) is 24.6 Å². The molecule has 7 nitrogen and oxygen atoms in total. The van der Waals surface area contributed by atoms with Gasteiger partial charge in [0.25, 0.3) is 11.3 Å². The number of anilines is 1. The number of aromatic amines is 1. The second kappa shape index (κ2) is 7.26. The number of piperidine rings is 1. The highest BCUT2D eigenvalue weighted by molar-refractivity contribution is 5.52. The van der Waals surface area contributed by atoms with Gasteiger partial charge in [-0.3, -0.25) is 9.89 Å². The van der Waals surface area contributed by atoms with Gasteiger partial charge >= 0.3 is 0 Å². The Kier molecular flexibility index (Phi) is 4.82. The van der Waals surface area contributed by atoms with E-state index in [4.69, 9.17) is 4.74 Å². The molecule has 0 bridgehead atoms. The van der Waals surface area contributed by atoms with E-state index >= 15 is 0 Å². The van der Waals surface area contributed by atoms with E-state index in [1.165, 1.54) is 4.52 Å². The van der Waals surface area contributed by atoms with E-state index in [0.29, 0.717) is 36.0 Å². The average Bonchev–Trinajstić information content (AvgIpc) is 3.01. The lowest BCUT2D eigenvalue weighted by molar-refractivity contribution is 0.0529. The summed E-state index contributed by atoms with van der Waals surface area (Å²) in [6.45, 7) is 5.55. The number of aryl methyl sites for hydroxylation is 2. The van der Waals surface area contributed by atoms with Crippen LogP contribution in [0.25, 0.3) is 5.78 Å². The van der Waals surface area contributed by atoms with Crippen LogP contribution in [-0.2, 0) is 4.74 Å². The molecule has 0 radical (unpaired) electrons. The number of fused-ring (bicyclic) bond motifs is 1. The zero-order valence-electron chi connectivity index (χ0n) is 15.7. The van der Waals surface area contributed by atoms with Crippen LogP contribution >= 0.6 is 0 Å². The summed E-state index contributed by atoms with van der Waals surface area (Å²) >= 11 is 0. The maximum Gasteiger partial charge on any atom is 0.297 e. The van der Waals surface area contributed by atoms with Gasteiger partial charge in [0.2, 0.25) is 0 Å². The third-order valence-electron chi connectivity index (χ3n) is 5.13.